The molecule has 0 aliphatic heterocycles. The Balaban J connectivity index is 1.56. The van der Waals surface area contributed by atoms with Crippen molar-refractivity contribution in [2.75, 3.05) is 5.73 Å². The summed E-state index contributed by atoms with van der Waals surface area (Å²) in [6.45, 7) is 2.01. The van der Waals surface area contributed by atoms with Gasteiger partial charge < -0.3 is 10.3 Å². The largest absolute Gasteiger partial charge is 0.396 e. The quantitative estimate of drug-likeness (QED) is 0.225. The van der Waals surface area contributed by atoms with Gasteiger partial charge in [0.05, 0.1) is 39.1 Å². The van der Waals surface area contributed by atoms with Crippen molar-refractivity contribution in [2.24, 2.45) is 0 Å². The Morgan fingerprint density at radius 3 is 2.05 bits per heavy atom. The number of para-hydroxylation sites is 2. The molecule has 8 rings (SSSR count). The van der Waals surface area contributed by atoms with Crippen molar-refractivity contribution < 1.29 is 0 Å². The van der Waals surface area contributed by atoms with Crippen molar-refractivity contribution in [3.63, 3.8) is 0 Å². The first-order valence-electron chi connectivity index (χ1n) is 14.6. The van der Waals surface area contributed by atoms with Crippen LogP contribution >= 0.6 is 0 Å². The van der Waals surface area contributed by atoms with E-state index < -0.39 is 0 Å². The maximum Gasteiger partial charge on any atom is 0.162 e. The van der Waals surface area contributed by atoms with E-state index in [2.05, 4.69) is 69.8 Å². The van der Waals surface area contributed by atoms with Gasteiger partial charge in [-0.1, -0.05) is 103 Å². The van der Waals surface area contributed by atoms with Crippen LogP contribution in [0.25, 0.3) is 73.1 Å². The highest BCUT2D eigenvalue weighted by molar-refractivity contribution is 6.18. The van der Waals surface area contributed by atoms with E-state index >= 15 is 0 Å². The smallest absolute Gasteiger partial charge is 0.162 e. The van der Waals surface area contributed by atoms with Crippen LogP contribution in [0.4, 0.5) is 5.69 Å². The molecule has 4 heterocycles. The molecule has 4 aromatic carbocycles. The molecule has 0 radical (unpaired) electrons. The number of benzene rings is 4. The van der Waals surface area contributed by atoms with Crippen LogP contribution < -0.4 is 5.73 Å². The highest BCUT2D eigenvalue weighted by atomic mass is 15.1. The van der Waals surface area contributed by atoms with Gasteiger partial charge in [0.2, 0.25) is 0 Å². The number of aromatic nitrogens is 5. The maximum atomic E-state index is 6.89. The minimum atomic E-state index is 0.653. The third-order valence-corrected chi connectivity index (χ3v) is 8.06. The molecule has 0 unspecified atom stereocenters. The molecule has 210 valence electrons. The maximum absolute atomic E-state index is 6.89. The van der Waals surface area contributed by atoms with Gasteiger partial charge in [-0.2, -0.15) is 0 Å². The number of fused-ring (bicyclic) bond motifs is 5. The fourth-order valence-electron chi connectivity index (χ4n) is 6.12. The lowest BCUT2D eigenvalue weighted by molar-refractivity contribution is 1.04. The first kappa shape index (κ1) is 25.7. The molecule has 6 heteroatoms. The summed E-state index contributed by atoms with van der Waals surface area (Å²) in [5.74, 6) is 1.41. The van der Waals surface area contributed by atoms with Crippen LogP contribution in [0.3, 0.4) is 0 Å². The molecule has 6 nitrogen and oxygen atoms in total. The number of hydrogen-bond acceptors (Lipinski definition) is 4. The molecule has 0 aliphatic carbocycles. The lowest BCUT2D eigenvalue weighted by Crippen LogP contribution is -2.04. The molecule has 4 aromatic heterocycles. The summed E-state index contributed by atoms with van der Waals surface area (Å²) in [7, 11) is 0. The monoisotopic (exact) mass is 568 g/mol. The van der Waals surface area contributed by atoms with Crippen LogP contribution in [0.2, 0.25) is 0 Å². The van der Waals surface area contributed by atoms with Crippen LogP contribution in [-0.2, 0) is 0 Å². The van der Waals surface area contributed by atoms with E-state index in [0.29, 0.717) is 11.5 Å². The fourth-order valence-corrected chi connectivity index (χ4v) is 6.12. The summed E-state index contributed by atoms with van der Waals surface area (Å²) in [6, 6.07) is 41.1. The van der Waals surface area contributed by atoms with Gasteiger partial charge in [0, 0.05) is 39.8 Å². The lowest BCUT2D eigenvalue weighted by Gasteiger charge is -2.14. The van der Waals surface area contributed by atoms with Gasteiger partial charge in [-0.25, -0.2) is 9.97 Å². The highest BCUT2D eigenvalue weighted by Gasteiger charge is 2.24. The Kier molecular flexibility index (Phi) is 6.05. The van der Waals surface area contributed by atoms with Crippen molar-refractivity contribution in [2.45, 2.75) is 6.92 Å². The van der Waals surface area contributed by atoms with E-state index in [9.17, 15) is 0 Å². The number of pyridine rings is 1. The van der Waals surface area contributed by atoms with E-state index in [1.165, 1.54) is 0 Å². The van der Waals surface area contributed by atoms with E-state index in [-0.39, 0.29) is 0 Å². The second-order valence-corrected chi connectivity index (χ2v) is 10.7. The summed E-state index contributed by atoms with van der Waals surface area (Å²) >= 11 is 0. The van der Waals surface area contributed by atoms with Crippen molar-refractivity contribution in [1.29, 1.82) is 0 Å². The number of hydrogen-bond donors (Lipinski definition) is 1. The minimum Gasteiger partial charge on any atom is -0.396 e. The van der Waals surface area contributed by atoms with Crippen LogP contribution in [0.5, 0.6) is 0 Å². The second kappa shape index (κ2) is 10.4. The number of rotatable bonds is 5. The molecule has 8 aromatic rings. The number of nitrogens with two attached hydrogens (primary N) is 1. The van der Waals surface area contributed by atoms with E-state index in [1.807, 2.05) is 85.9 Å². The summed E-state index contributed by atoms with van der Waals surface area (Å²) in [5, 5.41) is 1.93. The Labute approximate surface area is 254 Å². The summed E-state index contributed by atoms with van der Waals surface area (Å²) in [6.07, 6.45) is 5.99. The van der Waals surface area contributed by atoms with Gasteiger partial charge >= 0.3 is 0 Å². The molecule has 0 bridgehead atoms. The first-order chi connectivity index (χ1) is 21.7. The predicted molar refractivity (Wildman–Crippen MR) is 181 cm³/mol. The molecule has 0 atom stereocenters. The number of nitrogens with zero attached hydrogens (tertiary/aromatic N) is 5. The van der Waals surface area contributed by atoms with Crippen LogP contribution in [0, 0.1) is 0 Å². The van der Waals surface area contributed by atoms with Gasteiger partial charge in [-0.3, -0.25) is 9.55 Å². The zero-order valence-electron chi connectivity index (χ0n) is 24.1. The average molecular weight is 569 g/mol. The van der Waals surface area contributed by atoms with Crippen molar-refractivity contribution in [3.05, 3.63) is 139 Å². The molecule has 0 fully saturated rings. The van der Waals surface area contributed by atoms with Crippen molar-refractivity contribution >= 4 is 44.6 Å². The SMILES string of the molecule is C/C=C\c1c(N)c2cnc3c4ccccc4n(-c4cc(-c5ccccc5)nc(-c5ccccc5)n4)c3c2n1-c1ccccc1. The van der Waals surface area contributed by atoms with Crippen molar-refractivity contribution in [3.8, 4) is 34.2 Å². The van der Waals surface area contributed by atoms with Gasteiger partial charge in [0.25, 0.3) is 0 Å². The lowest BCUT2D eigenvalue weighted by atomic mass is 10.1. The molecule has 44 heavy (non-hydrogen) atoms. The first-order valence-corrected chi connectivity index (χ1v) is 14.6. The fraction of sp³-hybridized carbons (Fsp3) is 0.0263. The van der Waals surface area contributed by atoms with E-state index in [1.54, 1.807) is 0 Å². The molecule has 0 spiro atoms. The number of anilines is 1. The zero-order chi connectivity index (χ0) is 29.6. The third kappa shape index (κ3) is 4.00. The number of nitrogen functional groups attached to an aromatic ring is 1. The van der Waals surface area contributed by atoms with Crippen molar-refractivity contribution in [1.82, 2.24) is 24.1 Å². The van der Waals surface area contributed by atoms with Gasteiger partial charge in [0.15, 0.2) is 5.82 Å². The Hall–Kier alpha value is -6.01. The third-order valence-electron chi connectivity index (χ3n) is 8.06. The Morgan fingerprint density at radius 2 is 1.32 bits per heavy atom. The van der Waals surface area contributed by atoms with E-state index in [4.69, 9.17) is 20.7 Å². The molecular weight excluding hydrogens is 540 g/mol. The van der Waals surface area contributed by atoms with Crippen LogP contribution in [-0.4, -0.2) is 24.1 Å². The second-order valence-electron chi connectivity index (χ2n) is 10.7. The van der Waals surface area contributed by atoms with Gasteiger partial charge in [-0.05, 0) is 31.2 Å². The summed E-state index contributed by atoms with van der Waals surface area (Å²) < 4.78 is 4.46. The van der Waals surface area contributed by atoms with E-state index in [0.717, 1.165) is 66.9 Å². The summed E-state index contributed by atoms with van der Waals surface area (Å²) in [4.78, 5) is 15.3. The molecule has 0 saturated heterocycles. The topological polar surface area (TPSA) is 74.6 Å². The Morgan fingerprint density at radius 1 is 0.659 bits per heavy atom. The van der Waals surface area contributed by atoms with Gasteiger partial charge in [0.1, 0.15) is 5.82 Å². The zero-order valence-corrected chi connectivity index (χ0v) is 24.1. The normalized spacial score (nSPS) is 11.8. The highest BCUT2D eigenvalue weighted by Crippen LogP contribution is 2.41. The predicted octanol–water partition coefficient (Wildman–Crippen LogP) is 8.86. The van der Waals surface area contributed by atoms with Crippen LogP contribution in [0.1, 0.15) is 12.6 Å². The van der Waals surface area contributed by atoms with Gasteiger partial charge in [-0.15, -0.1) is 0 Å². The molecule has 0 amide bonds. The number of allylic oxidation sites excluding steroid dienone is 1. The molecule has 0 aliphatic rings. The van der Waals surface area contributed by atoms with Crippen LogP contribution in [0.15, 0.2) is 134 Å². The Bertz CT molecular complexity index is 2280. The standard InChI is InChI=1S/C38H28N6/c1-2-14-32-34(39)29-24-40-35-28-21-12-13-22-31(28)44(37(35)36(29)43(32)27-19-10-5-11-20-27)33-23-30(25-15-6-3-7-16-25)41-38(42-33)26-17-8-4-9-18-26/h2-24H,39H2,1H3/b14-2-. The minimum absolute atomic E-state index is 0.653. The summed E-state index contributed by atoms with van der Waals surface area (Å²) in [5.41, 5.74) is 16.1. The average Bonchev–Trinajstić information content (AvgIpc) is 3.58. The molecular formula is C38H28N6. The molecule has 2 N–H and O–H groups in total. The molecule has 0 saturated carbocycles.